The van der Waals surface area contributed by atoms with Crippen molar-refractivity contribution in [1.82, 2.24) is 4.90 Å². The van der Waals surface area contributed by atoms with E-state index in [-0.39, 0.29) is 17.6 Å². The maximum absolute atomic E-state index is 13.7. The molecule has 1 aliphatic rings. The summed E-state index contributed by atoms with van der Waals surface area (Å²) in [6.45, 7) is 9.77. The maximum atomic E-state index is 13.7. The third kappa shape index (κ3) is 2.98. The van der Waals surface area contributed by atoms with E-state index in [4.69, 9.17) is 0 Å². The quantitative estimate of drug-likeness (QED) is 0.800. The summed E-state index contributed by atoms with van der Waals surface area (Å²) >= 11 is 0. The second-order valence-electron chi connectivity index (χ2n) is 6.85. The minimum absolute atomic E-state index is 0.0388. The summed E-state index contributed by atoms with van der Waals surface area (Å²) in [4.78, 5) is 28.2. The molecule has 4 nitrogen and oxygen atoms in total. The summed E-state index contributed by atoms with van der Waals surface area (Å²) in [6.07, 6.45) is 0. The van der Waals surface area contributed by atoms with Gasteiger partial charge in [-0.3, -0.25) is 9.59 Å². The molecule has 1 fully saturated rings. The number of anilines is 1. The molecule has 1 aromatic rings. The van der Waals surface area contributed by atoms with Crippen molar-refractivity contribution in [3.05, 3.63) is 29.6 Å². The van der Waals surface area contributed by atoms with Gasteiger partial charge in [0.1, 0.15) is 11.9 Å². The smallest absolute Gasteiger partial charge is 0.249 e. The van der Waals surface area contributed by atoms with E-state index in [9.17, 15) is 14.0 Å². The fourth-order valence-electron chi connectivity index (χ4n) is 2.58. The van der Waals surface area contributed by atoms with Gasteiger partial charge < -0.3 is 9.80 Å². The lowest BCUT2D eigenvalue weighted by Gasteiger charge is -2.41. The van der Waals surface area contributed by atoms with Crippen molar-refractivity contribution in [2.45, 2.75) is 40.7 Å². The fourth-order valence-corrected chi connectivity index (χ4v) is 2.58. The summed E-state index contributed by atoms with van der Waals surface area (Å²) in [5, 5.41) is 0. The first kappa shape index (κ1) is 16.5. The van der Waals surface area contributed by atoms with Gasteiger partial charge in [0.25, 0.3) is 0 Å². The van der Waals surface area contributed by atoms with E-state index in [1.165, 1.54) is 6.07 Å². The summed E-state index contributed by atoms with van der Waals surface area (Å²) < 4.78 is 13.7. The number of aryl methyl sites for hydroxylation is 1. The average Bonchev–Trinajstić information content (AvgIpc) is 2.43. The van der Waals surface area contributed by atoms with Crippen LogP contribution in [0.15, 0.2) is 18.2 Å². The van der Waals surface area contributed by atoms with Crippen LogP contribution in [0.3, 0.4) is 0 Å². The van der Waals surface area contributed by atoms with Crippen LogP contribution in [0.25, 0.3) is 0 Å². The van der Waals surface area contributed by atoms with Gasteiger partial charge in [-0.05, 0) is 31.5 Å². The van der Waals surface area contributed by atoms with Gasteiger partial charge in [-0.15, -0.1) is 0 Å². The number of piperazine rings is 1. The molecule has 0 radical (unpaired) electrons. The predicted octanol–water partition coefficient (Wildman–Crippen LogP) is 2.74. The Bertz CT molecular complexity index is 607. The summed E-state index contributed by atoms with van der Waals surface area (Å²) in [7, 11) is 0. The SMILES string of the molecule is Cc1ccc(N2CCN(C(=O)C(C)(C)C)[C@@H](C)C2=O)cc1F. The van der Waals surface area contributed by atoms with Crippen molar-refractivity contribution in [3.63, 3.8) is 0 Å². The zero-order chi connectivity index (χ0) is 16.7. The Hall–Kier alpha value is -1.91. The van der Waals surface area contributed by atoms with Gasteiger partial charge in [0.05, 0.1) is 0 Å². The first-order chi connectivity index (χ1) is 10.1. The third-order valence-electron chi connectivity index (χ3n) is 4.02. The molecule has 2 amide bonds. The summed E-state index contributed by atoms with van der Waals surface area (Å²) in [5.41, 5.74) is 0.570. The number of amides is 2. The van der Waals surface area contributed by atoms with Crippen LogP contribution in [0.4, 0.5) is 10.1 Å². The van der Waals surface area contributed by atoms with Crippen molar-refractivity contribution < 1.29 is 14.0 Å². The van der Waals surface area contributed by atoms with Crippen molar-refractivity contribution in [3.8, 4) is 0 Å². The fraction of sp³-hybridized carbons (Fsp3) is 0.529. The molecule has 0 bridgehead atoms. The first-order valence-corrected chi connectivity index (χ1v) is 7.51. The van der Waals surface area contributed by atoms with Crippen LogP contribution in [0, 0.1) is 18.2 Å². The lowest BCUT2D eigenvalue weighted by molar-refractivity contribution is -0.147. The highest BCUT2D eigenvalue weighted by Crippen LogP contribution is 2.26. The minimum atomic E-state index is -0.537. The van der Waals surface area contributed by atoms with Crippen LogP contribution in [0.5, 0.6) is 0 Å². The van der Waals surface area contributed by atoms with Crippen molar-refractivity contribution in [2.75, 3.05) is 18.0 Å². The number of halogens is 1. The largest absolute Gasteiger partial charge is 0.329 e. The highest BCUT2D eigenvalue weighted by atomic mass is 19.1. The van der Waals surface area contributed by atoms with Gasteiger partial charge in [-0.25, -0.2) is 4.39 Å². The second-order valence-corrected chi connectivity index (χ2v) is 6.85. The van der Waals surface area contributed by atoms with Crippen LogP contribution in [-0.2, 0) is 9.59 Å². The van der Waals surface area contributed by atoms with Gasteiger partial charge in [0.15, 0.2) is 0 Å². The van der Waals surface area contributed by atoms with Gasteiger partial charge in [-0.1, -0.05) is 26.8 Å². The van der Waals surface area contributed by atoms with Crippen LogP contribution >= 0.6 is 0 Å². The van der Waals surface area contributed by atoms with Crippen molar-refractivity contribution in [2.24, 2.45) is 5.41 Å². The Kier molecular flexibility index (Phi) is 4.27. The molecule has 2 rings (SSSR count). The Morgan fingerprint density at radius 1 is 1.27 bits per heavy atom. The number of carbonyl (C=O) groups excluding carboxylic acids is 2. The zero-order valence-electron chi connectivity index (χ0n) is 13.8. The number of nitrogens with zero attached hydrogens (tertiary/aromatic N) is 2. The monoisotopic (exact) mass is 306 g/mol. The van der Waals surface area contributed by atoms with Crippen LogP contribution in [-0.4, -0.2) is 35.8 Å². The van der Waals surface area contributed by atoms with E-state index in [0.29, 0.717) is 24.3 Å². The number of hydrogen-bond acceptors (Lipinski definition) is 2. The van der Waals surface area contributed by atoms with Crippen LogP contribution in [0.2, 0.25) is 0 Å². The maximum Gasteiger partial charge on any atom is 0.249 e. The molecule has 0 N–H and O–H groups in total. The lowest BCUT2D eigenvalue weighted by atomic mass is 9.93. The number of rotatable bonds is 1. The molecule has 1 saturated heterocycles. The third-order valence-corrected chi connectivity index (χ3v) is 4.02. The molecule has 0 spiro atoms. The second kappa shape index (κ2) is 5.71. The Labute approximate surface area is 130 Å². The first-order valence-electron chi connectivity index (χ1n) is 7.51. The molecular weight excluding hydrogens is 283 g/mol. The molecule has 1 atom stereocenters. The number of benzene rings is 1. The van der Waals surface area contributed by atoms with Gasteiger partial charge in [0, 0.05) is 24.2 Å². The van der Waals surface area contributed by atoms with E-state index in [1.807, 2.05) is 20.8 Å². The molecule has 0 saturated carbocycles. The normalized spacial score (nSPS) is 19.5. The van der Waals surface area contributed by atoms with Gasteiger partial charge >= 0.3 is 0 Å². The summed E-state index contributed by atoms with van der Waals surface area (Å²) in [6, 6.07) is 4.24. The lowest BCUT2D eigenvalue weighted by Crippen LogP contribution is -2.59. The van der Waals surface area contributed by atoms with E-state index in [1.54, 1.807) is 35.8 Å². The molecule has 1 heterocycles. The molecule has 0 aromatic heterocycles. The Morgan fingerprint density at radius 2 is 1.91 bits per heavy atom. The highest BCUT2D eigenvalue weighted by molar-refractivity contribution is 6.00. The topological polar surface area (TPSA) is 40.6 Å². The zero-order valence-corrected chi connectivity index (χ0v) is 13.8. The minimum Gasteiger partial charge on any atom is -0.329 e. The molecular formula is C17H23FN2O2. The molecule has 1 aromatic carbocycles. The molecule has 22 heavy (non-hydrogen) atoms. The van der Waals surface area contributed by atoms with Crippen LogP contribution in [0.1, 0.15) is 33.3 Å². The standard InChI is InChI=1S/C17H23FN2O2/c1-11-6-7-13(10-14(11)18)20-9-8-19(12(2)15(20)21)16(22)17(3,4)5/h6-7,10,12H,8-9H2,1-5H3/t12-/m0/s1. The molecule has 0 aliphatic carbocycles. The highest BCUT2D eigenvalue weighted by Gasteiger charge is 2.38. The predicted molar refractivity (Wildman–Crippen MR) is 84.1 cm³/mol. The van der Waals surface area contributed by atoms with E-state index in [0.717, 1.165) is 0 Å². The number of carbonyl (C=O) groups is 2. The molecule has 5 heteroatoms. The Morgan fingerprint density at radius 3 is 2.45 bits per heavy atom. The molecule has 120 valence electrons. The van der Waals surface area contributed by atoms with E-state index >= 15 is 0 Å². The van der Waals surface area contributed by atoms with E-state index in [2.05, 4.69) is 0 Å². The summed E-state index contributed by atoms with van der Waals surface area (Å²) in [5.74, 6) is -0.540. The van der Waals surface area contributed by atoms with Gasteiger partial charge in [0.2, 0.25) is 11.8 Å². The molecule has 1 aliphatic heterocycles. The van der Waals surface area contributed by atoms with Gasteiger partial charge in [-0.2, -0.15) is 0 Å². The van der Waals surface area contributed by atoms with Crippen molar-refractivity contribution >= 4 is 17.5 Å². The Balaban J connectivity index is 2.22. The van der Waals surface area contributed by atoms with E-state index < -0.39 is 11.5 Å². The average molecular weight is 306 g/mol. The molecule has 0 unspecified atom stereocenters. The van der Waals surface area contributed by atoms with Crippen molar-refractivity contribution in [1.29, 1.82) is 0 Å². The van der Waals surface area contributed by atoms with Crippen LogP contribution < -0.4 is 4.90 Å². The number of hydrogen-bond donors (Lipinski definition) is 0.